The van der Waals surface area contributed by atoms with Crippen molar-refractivity contribution in [2.45, 2.75) is 135 Å². The van der Waals surface area contributed by atoms with Gasteiger partial charge in [-0.25, -0.2) is 4.57 Å². The van der Waals surface area contributed by atoms with Crippen LogP contribution in [0.3, 0.4) is 0 Å². The summed E-state index contributed by atoms with van der Waals surface area (Å²) < 4.78 is 2.42. The fourth-order valence-corrected chi connectivity index (χ4v) is 5.05. The van der Waals surface area contributed by atoms with Crippen LogP contribution in [0.5, 0.6) is 0 Å². The van der Waals surface area contributed by atoms with Crippen molar-refractivity contribution in [1.82, 2.24) is 4.90 Å². The van der Waals surface area contributed by atoms with E-state index < -0.39 is 0 Å². The second-order valence-corrected chi connectivity index (χ2v) is 9.82. The topological polar surface area (TPSA) is 7.12 Å². The van der Waals surface area contributed by atoms with Crippen LogP contribution >= 0.6 is 0 Å². The van der Waals surface area contributed by atoms with E-state index in [4.69, 9.17) is 0 Å². The molecule has 1 aliphatic heterocycles. The molecule has 2 heterocycles. The molecule has 0 N–H and O–H groups in total. The first-order chi connectivity index (χ1) is 14.8. The van der Waals surface area contributed by atoms with Crippen molar-refractivity contribution >= 4 is 0 Å². The van der Waals surface area contributed by atoms with Gasteiger partial charge in [-0.2, -0.15) is 0 Å². The summed E-state index contributed by atoms with van der Waals surface area (Å²) in [5.41, 5.74) is 1.51. The zero-order valence-electron chi connectivity index (χ0n) is 20.4. The number of aryl methyl sites for hydroxylation is 1. The molecule has 1 aliphatic rings. The lowest BCUT2D eigenvalue weighted by Gasteiger charge is -2.18. The Morgan fingerprint density at radius 1 is 0.800 bits per heavy atom. The quantitative estimate of drug-likeness (QED) is 0.174. The van der Waals surface area contributed by atoms with Gasteiger partial charge in [-0.3, -0.25) is 4.90 Å². The fourth-order valence-electron chi connectivity index (χ4n) is 5.05. The molecule has 30 heavy (non-hydrogen) atoms. The lowest BCUT2D eigenvalue weighted by molar-refractivity contribution is -0.697. The normalized spacial score (nSPS) is 17.1. The summed E-state index contributed by atoms with van der Waals surface area (Å²) in [5, 5.41) is 0. The van der Waals surface area contributed by atoms with Crippen molar-refractivity contribution in [2.24, 2.45) is 0 Å². The van der Waals surface area contributed by atoms with Gasteiger partial charge in [0, 0.05) is 24.1 Å². The zero-order chi connectivity index (χ0) is 21.3. The highest BCUT2D eigenvalue weighted by atomic mass is 15.1. The van der Waals surface area contributed by atoms with E-state index in [9.17, 15) is 0 Å². The minimum Gasteiger partial charge on any atom is -0.299 e. The molecule has 2 heteroatoms. The Morgan fingerprint density at radius 2 is 1.33 bits per heavy atom. The van der Waals surface area contributed by atoms with E-state index in [1.807, 2.05) is 0 Å². The molecule has 2 rings (SSSR count). The van der Waals surface area contributed by atoms with Crippen LogP contribution in [0, 0.1) is 0 Å². The summed E-state index contributed by atoms with van der Waals surface area (Å²) in [4.78, 5) is 2.51. The lowest BCUT2D eigenvalue weighted by Crippen LogP contribution is -2.34. The smallest absolute Gasteiger partial charge is 0.173 e. The average Bonchev–Trinajstić information content (AvgIpc) is 3.19. The standard InChI is InChI=1S/C28H51N2/c1-3-4-5-6-7-8-9-10-11-12-13-14-15-16-17-18-24-30-25-19-21-27(26-30)28-22-20-23-29(28)2/h19,21,25-26,28H,3-18,20,22-24H2,1-2H3/q+1/t28-/m1/s1. The molecule has 0 spiro atoms. The summed E-state index contributed by atoms with van der Waals surface area (Å²) in [6, 6.07) is 5.20. The molecule has 0 saturated carbocycles. The molecule has 2 nitrogen and oxygen atoms in total. The first kappa shape index (κ1) is 25.4. The van der Waals surface area contributed by atoms with Gasteiger partial charge in [0.25, 0.3) is 0 Å². The lowest BCUT2D eigenvalue weighted by atomic mass is 10.0. The molecule has 1 saturated heterocycles. The van der Waals surface area contributed by atoms with E-state index in [0.29, 0.717) is 6.04 Å². The molecular formula is C28H51N2+. The number of rotatable bonds is 18. The molecule has 0 aromatic carbocycles. The minimum absolute atomic E-state index is 0.642. The third-order valence-electron chi connectivity index (χ3n) is 7.06. The second kappa shape index (κ2) is 16.8. The van der Waals surface area contributed by atoms with Crippen LogP contribution in [0.2, 0.25) is 0 Å². The van der Waals surface area contributed by atoms with Crippen LogP contribution in [-0.2, 0) is 6.54 Å². The number of pyridine rings is 1. The minimum atomic E-state index is 0.642. The van der Waals surface area contributed by atoms with Gasteiger partial charge in [-0.15, -0.1) is 0 Å². The summed E-state index contributed by atoms with van der Waals surface area (Å²) in [7, 11) is 2.27. The van der Waals surface area contributed by atoms with E-state index in [1.54, 1.807) is 0 Å². The average molecular weight is 416 g/mol. The highest BCUT2D eigenvalue weighted by Crippen LogP contribution is 2.29. The third-order valence-corrected chi connectivity index (χ3v) is 7.06. The number of hydrogen-bond donors (Lipinski definition) is 0. The van der Waals surface area contributed by atoms with Gasteiger partial charge in [0.2, 0.25) is 0 Å². The first-order valence-electron chi connectivity index (χ1n) is 13.5. The van der Waals surface area contributed by atoms with E-state index in [0.717, 1.165) is 0 Å². The first-order valence-corrected chi connectivity index (χ1v) is 13.5. The summed E-state index contributed by atoms with van der Waals surface area (Å²) in [6.07, 6.45) is 30.4. The number of unbranched alkanes of at least 4 members (excludes halogenated alkanes) is 15. The summed E-state index contributed by atoms with van der Waals surface area (Å²) in [6.45, 7) is 4.73. The summed E-state index contributed by atoms with van der Waals surface area (Å²) in [5.74, 6) is 0. The predicted octanol–water partition coefficient (Wildman–Crippen LogP) is 8.00. The number of likely N-dealkylation sites (tertiary alicyclic amines) is 1. The predicted molar refractivity (Wildman–Crippen MR) is 131 cm³/mol. The molecule has 0 bridgehead atoms. The van der Waals surface area contributed by atoms with Gasteiger partial charge in [-0.05, 0) is 38.9 Å². The van der Waals surface area contributed by atoms with Crippen molar-refractivity contribution < 1.29 is 4.57 Å². The molecular weight excluding hydrogens is 364 g/mol. The van der Waals surface area contributed by atoms with Crippen molar-refractivity contribution in [1.29, 1.82) is 0 Å². The maximum Gasteiger partial charge on any atom is 0.173 e. The van der Waals surface area contributed by atoms with Crippen LogP contribution in [-0.4, -0.2) is 18.5 Å². The molecule has 1 aromatic rings. The number of aromatic nitrogens is 1. The number of hydrogen-bond acceptors (Lipinski definition) is 1. The van der Waals surface area contributed by atoms with Crippen molar-refractivity contribution in [3.63, 3.8) is 0 Å². The Morgan fingerprint density at radius 3 is 1.83 bits per heavy atom. The monoisotopic (exact) mass is 415 g/mol. The maximum atomic E-state index is 2.51. The highest BCUT2D eigenvalue weighted by Gasteiger charge is 2.24. The van der Waals surface area contributed by atoms with Gasteiger partial charge in [0.1, 0.15) is 6.54 Å². The molecule has 0 amide bonds. The number of nitrogens with zero attached hydrogens (tertiary/aromatic N) is 2. The van der Waals surface area contributed by atoms with Gasteiger partial charge >= 0.3 is 0 Å². The van der Waals surface area contributed by atoms with Gasteiger partial charge in [0.15, 0.2) is 12.4 Å². The molecule has 1 aromatic heterocycles. The molecule has 0 aliphatic carbocycles. The van der Waals surface area contributed by atoms with Gasteiger partial charge in [0.05, 0.1) is 0 Å². The molecule has 0 unspecified atom stereocenters. The Hall–Kier alpha value is -0.890. The van der Waals surface area contributed by atoms with E-state index >= 15 is 0 Å². The maximum absolute atomic E-state index is 2.51. The SMILES string of the molecule is CCCCCCCCCCCCCCCCCC[n+]1cccc([C@H]2CCCN2C)c1. The van der Waals surface area contributed by atoms with Crippen LogP contribution in [0.1, 0.15) is 134 Å². The van der Waals surface area contributed by atoms with Gasteiger partial charge < -0.3 is 0 Å². The Balaban J connectivity index is 1.38. The van der Waals surface area contributed by atoms with Crippen molar-refractivity contribution in [2.75, 3.05) is 13.6 Å². The molecule has 172 valence electrons. The van der Waals surface area contributed by atoms with Crippen LogP contribution in [0.4, 0.5) is 0 Å². The highest BCUT2D eigenvalue weighted by molar-refractivity contribution is 5.12. The Labute approximate surface area is 188 Å². The van der Waals surface area contributed by atoms with Crippen LogP contribution < -0.4 is 4.57 Å². The van der Waals surface area contributed by atoms with Crippen LogP contribution in [0.25, 0.3) is 0 Å². The largest absolute Gasteiger partial charge is 0.299 e. The Kier molecular flexibility index (Phi) is 14.2. The zero-order valence-corrected chi connectivity index (χ0v) is 20.4. The molecule has 0 radical (unpaired) electrons. The van der Waals surface area contributed by atoms with Crippen LogP contribution in [0.15, 0.2) is 24.5 Å². The molecule has 1 atom stereocenters. The van der Waals surface area contributed by atoms with Gasteiger partial charge in [-0.1, -0.05) is 96.8 Å². The van der Waals surface area contributed by atoms with Crippen molar-refractivity contribution in [3.05, 3.63) is 30.1 Å². The van der Waals surface area contributed by atoms with E-state index in [2.05, 4.69) is 48.0 Å². The third kappa shape index (κ3) is 10.9. The second-order valence-electron chi connectivity index (χ2n) is 9.82. The molecule has 1 fully saturated rings. The fraction of sp³-hybridized carbons (Fsp3) is 0.821. The Bertz CT molecular complexity index is 527. The summed E-state index contributed by atoms with van der Waals surface area (Å²) >= 11 is 0. The van der Waals surface area contributed by atoms with E-state index in [-0.39, 0.29) is 0 Å². The van der Waals surface area contributed by atoms with Crippen molar-refractivity contribution in [3.8, 4) is 0 Å². The van der Waals surface area contributed by atoms with E-state index in [1.165, 1.54) is 134 Å².